The van der Waals surface area contributed by atoms with Crippen molar-refractivity contribution in [3.63, 3.8) is 0 Å². The lowest BCUT2D eigenvalue weighted by Gasteiger charge is -2.12. The summed E-state index contributed by atoms with van der Waals surface area (Å²) in [6.07, 6.45) is 0.661. The first kappa shape index (κ1) is 20.9. The van der Waals surface area contributed by atoms with Gasteiger partial charge in [-0.3, -0.25) is 4.57 Å². The van der Waals surface area contributed by atoms with E-state index < -0.39 is 0 Å². The van der Waals surface area contributed by atoms with Crippen LogP contribution in [-0.2, 0) is 6.42 Å². The fourth-order valence-electron chi connectivity index (χ4n) is 3.23. The number of rotatable bonds is 7. The minimum Gasteiger partial charge on any atom is -0.419 e. The van der Waals surface area contributed by atoms with Crippen LogP contribution >= 0.6 is 34.7 Å². The highest BCUT2D eigenvalue weighted by molar-refractivity contribution is 7.99. The Bertz CT molecular complexity index is 1300. The molecule has 32 heavy (non-hydrogen) atoms. The zero-order chi connectivity index (χ0) is 21.9. The Kier molecular flexibility index (Phi) is 6.07. The van der Waals surface area contributed by atoms with Gasteiger partial charge in [-0.15, -0.1) is 31.7 Å². The summed E-state index contributed by atoms with van der Waals surface area (Å²) in [5.41, 5.74) is 2.11. The van der Waals surface area contributed by atoms with Crippen LogP contribution in [0.4, 0.5) is 0 Å². The molecule has 0 aliphatic heterocycles. The molecule has 6 nitrogen and oxygen atoms in total. The van der Waals surface area contributed by atoms with Gasteiger partial charge in [-0.05, 0) is 48.2 Å². The van der Waals surface area contributed by atoms with E-state index in [0.717, 1.165) is 27.1 Å². The van der Waals surface area contributed by atoms with Gasteiger partial charge in [0.1, 0.15) is 5.82 Å². The highest BCUT2D eigenvalue weighted by Crippen LogP contribution is 2.36. The van der Waals surface area contributed by atoms with E-state index in [1.165, 1.54) is 11.8 Å². The van der Waals surface area contributed by atoms with Crippen LogP contribution in [-0.4, -0.2) is 25.0 Å². The fourth-order valence-corrected chi connectivity index (χ4v) is 4.91. The van der Waals surface area contributed by atoms with Crippen LogP contribution in [0.1, 0.15) is 29.5 Å². The van der Waals surface area contributed by atoms with E-state index >= 15 is 0 Å². The molecule has 0 bridgehead atoms. The molecule has 0 N–H and O–H groups in total. The second-order valence-corrected chi connectivity index (χ2v) is 9.75. The number of thioether (sulfide) groups is 1. The van der Waals surface area contributed by atoms with E-state index in [-0.39, 0.29) is 5.25 Å². The van der Waals surface area contributed by atoms with Gasteiger partial charge >= 0.3 is 0 Å². The number of halogens is 1. The Morgan fingerprint density at radius 1 is 0.969 bits per heavy atom. The third kappa shape index (κ3) is 4.48. The third-order valence-electron chi connectivity index (χ3n) is 4.79. The second-order valence-electron chi connectivity index (χ2n) is 7.06. The van der Waals surface area contributed by atoms with Crippen molar-refractivity contribution in [2.24, 2.45) is 0 Å². The highest BCUT2D eigenvalue weighted by atomic mass is 35.5. The topological polar surface area (TPSA) is 69.6 Å². The van der Waals surface area contributed by atoms with Gasteiger partial charge in [0, 0.05) is 17.1 Å². The van der Waals surface area contributed by atoms with Gasteiger partial charge in [-0.25, -0.2) is 0 Å². The van der Waals surface area contributed by atoms with Crippen LogP contribution in [0.5, 0.6) is 0 Å². The summed E-state index contributed by atoms with van der Waals surface area (Å²) in [4.78, 5) is 0.954. The molecule has 1 unspecified atom stereocenters. The van der Waals surface area contributed by atoms with Crippen molar-refractivity contribution in [1.29, 1.82) is 0 Å². The Balaban J connectivity index is 1.46. The van der Waals surface area contributed by atoms with Gasteiger partial charge in [0.05, 0.1) is 10.1 Å². The van der Waals surface area contributed by atoms with Gasteiger partial charge in [-0.2, -0.15) is 0 Å². The smallest absolute Gasteiger partial charge is 0.257 e. The molecular weight excluding hydrogens is 462 g/mol. The van der Waals surface area contributed by atoms with Crippen molar-refractivity contribution in [2.45, 2.75) is 23.8 Å². The quantitative estimate of drug-likeness (QED) is 0.249. The summed E-state index contributed by atoms with van der Waals surface area (Å²) in [5.74, 6) is 1.93. The van der Waals surface area contributed by atoms with E-state index in [1.54, 1.807) is 11.3 Å². The van der Waals surface area contributed by atoms with Crippen LogP contribution in [0, 0.1) is 0 Å². The van der Waals surface area contributed by atoms with Gasteiger partial charge < -0.3 is 4.42 Å². The fraction of sp³-hybridized carbons (Fsp3) is 0.130. The van der Waals surface area contributed by atoms with Gasteiger partial charge in [0.2, 0.25) is 5.89 Å². The molecule has 0 saturated carbocycles. The minimum atomic E-state index is -0.101. The molecule has 0 amide bonds. The molecule has 0 spiro atoms. The lowest BCUT2D eigenvalue weighted by Crippen LogP contribution is -2.04. The molecule has 160 valence electrons. The Morgan fingerprint density at radius 2 is 1.78 bits per heavy atom. The monoisotopic (exact) mass is 479 g/mol. The average Bonchev–Trinajstić information content (AvgIpc) is 3.56. The lowest BCUT2D eigenvalue weighted by molar-refractivity contribution is 0.510. The maximum Gasteiger partial charge on any atom is 0.257 e. The first-order chi connectivity index (χ1) is 15.7. The average molecular weight is 480 g/mol. The van der Waals surface area contributed by atoms with Crippen LogP contribution in [0.15, 0.2) is 81.7 Å². The molecule has 3 aromatic heterocycles. The molecule has 2 aromatic carbocycles. The number of hydrogen-bond acceptors (Lipinski definition) is 7. The van der Waals surface area contributed by atoms with E-state index in [2.05, 4.69) is 37.1 Å². The van der Waals surface area contributed by atoms with Crippen LogP contribution in [0.3, 0.4) is 0 Å². The SMILES string of the molecule is CC(Sc1nnc(Cc2ccccc2)n1-c1ccc(Cl)cc1)c1nnc(-c2cccs2)o1. The van der Waals surface area contributed by atoms with Gasteiger partial charge in [-0.1, -0.05) is 59.8 Å². The Hall–Kier alpha value is -2.94. The van der Waals surface area contributed by atoms with Gasteiger partial charge in [0.25, 0.3) is 5.89 Å². The van der Waals surface area contributed by atoms with Crippen LogP contribution in [0.25, 0.3) is 16.5 Å². The number of aromatic nitrogens is 5. The maximum absolute atomic E-state index is 6.12. The molecule has 0 aliphatic carbocycles. The molecule has 3 heterocycles. The lowest BCUT2D eigenvalue weighted by atomic mass is 10.1. The third-order valence-corrected chi connectivity index (χ3v) is 6.93. The number of thiophene rings is 1. The first-order valence-electron chi connectivity index (χ1n) is 9.95. The standard InChI is InChI=1S/C23H18ClN5OS2/c1-15(21-26-27-22(30-21)19-8-5-13-31-19)32-23-28-25-20(14-16-6-3-2-4-7-16)29(23)18-11-9-17(24)10-12-18/h2-13,15H,14H2,1H3. The number of hydrogen-bond donors (Lipinski definition) is 0. The van der Waals surface area contributed by atoms with E-state index in [0.29, 0.717) is 23.2 Å². The summed E-state index contributed by atoms with van der Waals surface area (Å²) in [7, 11) is 0. The zero-order valence-corrected chi connectivity index (χ0v) is 19.4. The van der Waals surface area contributed by atoms with Crippen molar-refractivity contribution in [2.75, 3.05) is 0 Å². The molecule has 0 fully saturated rings. The Labute approximate surface area is 198 Å². The summed E-state index contributed by atoms with van der Waals surface area (Å²) in [6.45, 7) is 2.02. The zero-order valence-electron chi connectivity index (χ0n) is 17.1. The Morgan fingerprint density at radius 3 is 2.53 bits per heavy atom. The van der Waals surface area contributed by atoms with E-state index in [4.69, 9.17) is 16.0 Å². The van der Waals surface area contributed by atoms with Crippen LogP contribution in [0.2, 0.25) is 5.02 Å². The molecule has 5 rings (SSSR count). The molecule has 5 aromatic rings. The van der Waals surface area contributed by atoms with Crippen LogP contribution < -0.4 is 0 Å². The largest absolute Gasteiger partial charge is 0.419 e. The molecule has 0 aliphatic rings. The summed E-state index contributed by atoms with van der Waals surface area (Å²) < 4.78 is 7.97. The molecular formula is C23H18ClN5OS2. The normalized spacial score (nSPS) is 12.2. The second kappa shape index (κ2) is 9.28. The first-order valence-corrected chi connectivity index (χ1v) is 12.1. The molecule has 0 radical (unpaired) electrons. The predicted octanol–water partition coefficient (Wildman–Crippen LogP) is 6.48. The predicted molar refractivity (Wildman–Crippen MR) is 128 cm³/mol. The summed E-state index contributed by atoms with van der Waals surface area (Å²) in [5, 5.41) is 20.8. The number of nitrogens with zero attached hydrogens (tertiary/aromatic N) is 5. The molecule has 9 heteroatoms. The van der Waals surface area contributed by atoms with Crippen molar-refractivity contribution >= 4 is 34.7 Å². The summed E-state index contributed by atoms with van der Waals surface area (Å²) in [6, 6.07) is 21.8. The highest BCUT2D eigenvalue weighted by Gasteiger charge is 2.22. The van der Waals surface area contributed by atoms with E-state index in [1.807, 2.05) is 66.9 Å². The van der Waals surface area contributed by atoms with E-state index in [9.17, 15) is 0 Å². The maximum atomic E-state index is 6.12. The van der Waals surface area contributed by atoms with Crippen molar-refractivity contribution in [3.05, 3.63) is 94.4 Å². The molecule has 0 saturated heterocycles. The minimum absolute atomic E-state index is 0.101. The van der Waals surface area contributed by atoms with Crippen molar-refractivity contribution < 1.29 is 4.42 Å². The van der Waals surface area contributed by atoms with Gasteiger partial charge in [0.15, 0.2) is 5.16 Å². The van der Waals surface area contributed by atoms with Crippen molar-refractivity contribution in [3.8, 4) is 16.5 Å². The molecule has 1 atom stereocenters. The summed E-state index contributed by atoms with van der Waals surface area (Å²) >= 11 is 9.22. The van der Waals surface area contributed by atoms with Crippen molar-refractivity contribution in [1.82, 2.24) is 25.0 Å². The number of benzene rings is 2.